The molecule has 1 heterocycles. The molecule has 9 N–H and O–H groups in total. The summed E-state index contributed by atoms with van der Waals surface area (Å²) < 4.78 is 17.0. The van der Waals surface area contributed by atoms with E-state index >= 15 is 0 Å². The van der Waals surface area contributed by atoms with Gasteiger partial charge < -0.3 is 55.9 Å². The van der Waals surface area contributed by atoms with Gasteiger partial charge in [0.25, 0.3) is 5.91 Å². The number of amides is 1. The second kappa shape index (κ2) is 17.4. The smallest absolute Gasteiger partial charge is 0.335 e. The Balaban J connectivity index is 0.000000210. The molecule has 1 amide bonds. The van der Waals surface area contributed by atoms with Gasteiger partial charge in [-0.1, -0.05) is 45.9 Å². The highest BCUT2D eigenvalue weighted by Gasteiger charge is 2.50. The van der Waals surface area contributed by atoms with Gasteiger partial charge in [0.15, 0.2) is 17.9 Å². The number of nitrogens with two attached hydrogens (primary N) is 1. The van der Waals surface area contributed by atoms with Gasteiger partial charge in [-0.2, -0.15) is 0 Å². The van der Waals surface area contributed by atoms with Gasteiger partial charge in [0, 0.05) is 53.2 Å². The van der Waals surface area contributed by atoms with Gasteiger partial charge in [-0.3, -0.25) is 19.2 Å². The number of fused-ring (bicyclic) bond motifs is 4. The predicted octanol–water partition coefficient (Wildman–Crippen LogP) is 4.99. The summed E-state index contributed by atoms with van der Waals surface area (Å²) in [6.45, 7) is 9.59. The van der Waals surface area contributed by atoms with Gasteiger partial charge in [-0.25, -0.2) is 4.79 Å². The Morgan fingerprint density at radius 1 is 0.877 bits per heavy atom. The van der Waals surface area contributed by atoms with Crippen LogP contribution in [-0.4, -0.2) is 104 Å². The van der Waals surface area contributed by atoms with E-state index in [1.165, 1.54) is 60.7 Å². The van der Waals surface area contributed by atoms with Crippen molar-refractivity contribution in [3.05, 3.63) is 116 Å². The summed E-state index contributed by atoms with van der Waals surface area (Å²) in [4.78, 5) is 63.2. The Morgan fingerprint density at radius 2 is 1.51 bits per heavy atom. The van der Waals surface area contributed by atoms with Crippen molar-refractivity contribution in [1.29, 1.82) is 0 Å². The van der Waals surface area contributed by atoms with Crippen LogP contribution in [0, 0.1) is 0 Å². The zero-order chi connectivity index (χ0) is 47.5. The van der Waals surface area contributed by atoms with E-state index in [0.29, 0.717) is 5.56 Å². The first-order valence-electron chi connectivity index (χ1n) is 21.3. The van der Waals surface area contributed by atoms with E-state index in [2.05, 4.69) is 45.1 Å². The second-order valence-corrected chi connectivity index (χ2v) is 18.5. The third-order valence-electron chi connectivity index (χ3n) is 13.3. The van der Waals surface area contributed by atoms with Crippen LogP contribution in [0.2, 0.25) is 0 Å². The first-order chi connectivity index (χ1) is 30.5. The maximum atomic E-state index is 13.6. The monoisotopic (exact) mass is 894 g/mol. The number of Topliss-reactive ketones (excluding diaryl/α,β-unsaturated/α-hetero) is 1. The lowest BCUT2D eigenvalue weighted by atomic mass is 9.63. The van der Waals surface area contributed by atoms with Crippen LogP contribution in [0.1, 0.15) is 141 Å². The summed E-state index contributed by atoms with van der Waals surface area (Å²) in [7, 11) is 1.32. The molecule has 0 radical (unpaired) electrons. The molecule has 0 bridgehead atoms. The summed E-state index contributed by atoms with van der Waals surface area (Å²) >= 11 is 0. The van der Waals surface area contributed by atoms with Crippen molar-refractivity contribution in [3.8, 4) is 17.2 Å². The number of carbonyl (C=O) groups excluding carboxylic acids is 4. The van der Waals surface area contributed by atoms with Gasteiger partial charge in [-0.15, -0.1) is 0 Å². The van der Waals surface area contributed by atoms with Gasteiger partial charge in [-0.05, 0) is 84.2 Å². The molecule has 8 rings (SSSR count). The number of ether oxygens (including phenoxy) is 3. The molecule has 0 saturated carbocycles. The molecule has 0 aromatic heterocycles. The van der Waals surface area contributed by atoms with E-state index in [1.54, 1.807) is 6.92 Å². The minimum Gasteiger partial charge on any atom is -0.507 e. The number of ketones is 3. The fraction of sp³-hybridized carbons (Fsp3) is 0.408. The van der Waals surface area contributed by atoms with Crippen molar-refractivity contribution >= 4 is 34.9 Å². The van der Waals surface area contributed by atoms with E-state index in [9.17, 15) is 49.5 Å². The number of hydrogen-bond acceptors (Lipinski definition) is 14. The molecule has 4 aliphatic rings. The molecule has 0 spiro atoms. The summed E-state index contributed by atoms with van der Waals surface area (Å²) in [5, 5.41) is 65.6. The standard InChI is InChI=1S/C27H29NO11.C22H25NO3/c1-10-22(31)13(28)6-17(38-10)39-15-8-27(36,16(30)9-29)7-12-19(15)26(35)21-20(24(12)33)23(32)11-4-3-5-14(37-2)18(11)25(21)34;1-21(2)11-12-22(3,4)18-13-16(9-10-17(18)21)23-19(24)14-5-7-15(8-6-14)20(25)26/h3-5,10,13,15,17,22,29,31,33,35-36H,6-9,28H2,1-2H3;5-10,13H,11-12H2,1-4H3,(H,23,24)(H,25,26)/t10-,13-,15-,17-,22+,27-;/m0./s1. The number of nitrogens with one attached hydrogen (secondary N) is 1. The SMILES string of the molecule is CC1(C)CCC(C)(C)c2cc(NC(=O)c3ccc(C(=O)O)cc3)ccc21.COc1cccc2c1C(=O)c1c(O)c3c(c(O)c1C2=O)C[C@@](O)(C(=O)CO)C[C@@H]3O[C@H]1C[C@H](N)[C@H](O)[C@H](C)O1. The van der Waals surface area contributed by atoms with Crippen LogP contribution in [0.15, 0.2) is 60.7 Å². The maximum Gasteiger partial charge on any atom is 0.335 e. The van der Waals surface area contributed by atoms with Crippen LogP contribution in [0.5, 0.6) is 17.2 Å². The number of phenolic OH excluding ortho intramolecular Hbond substituents is 2. The lowest BCUT2D eigenvalue weighted by Gasteiger charge is -2.42. The molecule has 6 atom stereocenters. The van der Waals surface area contributed by atoms with Crippen molar-refractivity contribution in [2.24, 2.45) is 5.73 Å². The number of rotatable bonds is 8. The molecule has 0 unspecified atom stereocenters. The highest BCUT2D eigenvalue weighted by molar-refractivity contribution is 6.31. The van der Waals surface area contributed by atoms with Crippen LogP contribution < -0.4 is 15.8 Å². The third-order valence-corrected chi connectivity index (χ3v) is 13.3. The zero-order valence-electron chi connectivity index (χ0n) is 36.9. The number of benzene rings is 4. The minimum atomic E-state index is -2.24. The van der Waals surface area contributed by atoms with Gasteiger partial charge >= 0.3 is 5.97 Å². The minimum absolute atomic E-state index is 0.0173. The van der Waals surface area contributed by atoms with Crippen molar-refractivity contribution < 1.29 is 68.8 Å². The molecule has 1 aliphatic heterocycles. The summed E-state index contributed by atoms with van der Waals surface area (Å²) in [6.07, 6.45) is -2.86. The fourth-order valence-electron chi connectivity index (χ4n) is 9.38. The Kier molecular flexibility index (Phi) is 12.6. The number of carboxylic acids is 1. The molecule has 344 valence electrons. The molecule has 4 aromatic rings. The number of carboxylic acid groups (broad SMARTS) is 1. The topological polar surface area (TPSA) is 272 Å². The number of aromatic hydroxyl groups is 2. The number of hydrogen-bond donors (Lipinski definition) is 8. The molecular weight excluding hydrogens is 841 g/mol. The summed E-state index contributed by atoms with van der Waals surface area (Å²) in [6, 6.07) is 15.7. The third kappa shape index (κ3) is 8.53. The molecule has 65 heavy (non-hydrogen) atoms. The highest BCUT2D eigenvalue weighted by Crippen LogP contribution is 2.53. The average molecular weight is 895 g/mol. The van der Waals surface area contributed by atoms with E-state index in [1.807, 2.05) is 6.07 Å². The number of anilines is 1. The van der Waals surface area contributed by atoms with E-state index < -0.39 is 102 Å². The number of aromatic carboxylic acids is 1. The van der Waals surface area contributed by atoms with Crippen LogP contribution in [0.3, 0.4) is 0 Å². The summed E-state index contributed by atoms with van der Waals surface area (Å²) in [5.41, 5.74) is 6.59. The lowest BCUT2D eigenvalue weighted by Crippen LogP contribution is -2.53. The van der Waals surface area contributed by atoms with Crippen LogP contribution in [-0.2, 0) is 31.5 Å². The Hall–Kier alpha value is -6.01. The van der Waals surface area contributed by atoms with Crippen molar-refractivity contribution in [1.82, 2.24) is 0 Å². The first kappa shape index (κ1) is 47.0. The van der Waals surface area contributed by atoms with Gasteiger partial charge in [0.2, 0.25) is 5.78 Å². The van der Waals surface area contributed by atoms with E-state index in [4.69, 9.17) is 25.1 Å². The number of methoxy groups -OCH3 is 1. The molecular formula is C49H54N2O14. The zero-order valence-corrected chi connectivity index (χ0v) is 36.9. The normalized spacial score (nSPS) is 24.8. The Labute approximate surface area is 375 Å². The molecule has 4 aromatic carbocycles. The fourth-order valence-corrected chi connectivity index (χ4v) is 9.38. The molecule has 16 nitrogen and oxygen atoms in total. The van der Waals surface area contributed by atoms with Gasteiger partial charge in [0.05, 0.1) is 47.7 Å². The highest BCUT2D eigenvalue weighted by atomic mass is 16.7. The maximum absolute atomic E-state index is 13.6. The lowest BCUT2D eigenvalue weighted by molar-refractivity contribution is -0.247. The Morgan fingerprint density at radius 3 is 2.12 bits per heavy atom. The Bertz CT molecular complexity index is 2590. The number of carbonyl (C=O) groups is 5. The number of aliphatic hydroxyl groups excluding tert-OH is 2. The second-order valence-electron chi connectivity index (χ2n) is 18.5. The van der Waals surface area contributed by atoms with Crippen LogP contribution in [0.25, 0.3) is 0 Å². The summed E-state index contributed by atoms with van der Waals surface area (Å²) in [5.74, 6) is -5.02. The molecule has 1 fully saturated rings. The quantitative estimate of drug-likeness (QED) is 0.0954. The van der Waals surface area contributed by atoms with Crippen molar-refractivity contribution in [3.63, 3.8) is 0 Å². The molecule has 3 aliphatic carbocycles. The first-order valence-corrected chi connectivity index (χ1v) is 21.3. The molecule has 1 saturated heterocycles. The van der Waals surface area contributed by atoms with Gasteiger partial charge in [0.1, 0.15) is 29.5 Å². The average Bonchev–Trinajstić information content (AvgIpc) is 3.27. The molecule has 16 heteroatoms. The largest absolute Gasteiger partial charge is 0.507 e. The van der Waals surface area contributed by atoms with Crippen LogP contribution in [0.4, 0.5) is 5.69 Å². The van der Waals surface area contributed by atoms with E-state index in [-0.39, 0.29) is 56.7 Å². The predicted molar refractivity (Wildman–Crippen MR) is 235 cm³/mol. The van der Waals surface area contributed by atoms with Crippen molar-refractivity contribution in [2.75, 3.05) is 19.0 Å². The number of phenols is 2. The van der Waals surface area contributed by atoms with Crippen molar-refractivity contribution in [2.45, 2.75) is 114 Å². The van der Waals surface area contributed by atoms with Crippen LogP contribution >= 0.6 is 0 Å². The number of aliphatic hydroxyl groups is 3. The van der Waals surface area contributed by atoms with E-state index in [0.717, 1.165) is 18.5 Å².